The van der Waals surface area contributed by atoms with Crippen molar-refractivity contribution >= 4 is 5.91 Å². The van der Waals surface area contributed by atoms with Crippen molar-refractivity contribution in [3.05, 3.63) is 70.8 Å². The van der Waals surface area contributed by atoms with Crippen LogP contribution in [0.3, 0.4) is 0 Å². The molecule has 4 heteroatoms. The maximum Gasteiger partial charge on any atom is 0.279 e. The number of fused-ring (bicyclic) bond motifs is 1. The maximum atomic E-state index is 13.1. The van der Waals surface area contributed by atoms with Gasteiger partial charge in [-0.25, -0.2) is 0 Å². The zero-order valence-electron chi connectivity index (χ0n) is 18.4. The van der Waals surface area contributed by atoms with E-state index in [1.54, 1.807) is 0 Å². The third kappa shape index (κ3) is 4.28. The summed E-state index contributed by atoms with van der Waals surface area (Å²) in [6, 6.07) is 16.2. The molecule has 1 aliphatic rings. The van der Waals surface area contributed by atoms with Crippen molar-refractivity contribution in [1.82, 2.24) is 5.06 Å². The average molecular weight is 406 g/mol. The van der Waals surface area contributed by atoms with Gasteiger partial charge in [0.1, 0.15) is 0 Å². The molecule has 0 bridgehead atoms. The molecular weight excluding hydrogens is 374 g/mol. The van der Waals surface area contributed by atoms with Gasteiger partial charge in [-0.3, -0.25) is 9.63 Å². The van der Waals surface area contributed by atoms with Gasteiger partial charge in [-0.1, -0.05) is 69.2 Å². The summed E-state index contributed by atoms with van der Waals surface area (Å²) in [5, 5.41) is 10.9. The van der Waals surface area contributed by atoms with Crippen molar-refractivity contribution in [2.45, 2.75) is 57.4 Å². The number of hydrogen-bond donors (Lipinski definition) is 1. The van der Waals surface area contributed by atoms with E-state index < -0.39 is 5.54 Å². The second-order valence-electron chi connectivity index (χ2n) is 8.77. The topological polar surface area (TPSA) is 49.8 Å². The molecule has 1 heterocycles. The first kappa shape index (κ1) is 22.1. The van der Waals surface area contributed by atoms with Crippen LogP contribution in [0, 0.1) is 11.8 Å². The van der Waals surface area contributed by atoms with Gasteiger partial charge in [0.15, 0.2) is 5.54 Å². The standard InChI is InChI=1S/C26H31NO3/c1-25(2,3)21-14-15-22-23(19-21)26(17-10-18-28,27(30-4)24(22)29)16-9-8-13-20-11-6-5-7-12-20/h5-7,11-12,14-15,19,28H,8,10,13,17-18H2,1-4H3. The van der Waals surface area contributed by atoms with Gasteiger partial charge in [0.05, 0.1) is 7.11 Å². The normalized spacial score (nSPS) is 18.2. The first-order valence-electron chi connectivity index (χ1n) is 10.5. The fraction of sp³-hybridized carbons (Fsp3) is 0.423. The second kappa shape index (κ2) is 9.04. The van der Waals surface area contributed by atoms with Gasteiger partial charge in [-0.05, 0) is 41.9 Å². The maximum absolute atomic E-state index is 13.1. The Morgan fingerprint density at radius 1 is 1.13 bits per heavy atom. The lowest BCUT2D eigenvalue weighted by Crippen LogP contribution is -2.42. The summed E-state index contributed by atoms with van der Waals surface area (Å²) in [7, 11) is 1.51. The molecule has 1 atom stereocenters. The third-order valence-electron chi connectivity index (χ3n) is 5.65. The number of hydroxylamine groups is 2. The monoisotopic (exact) mass is 405 g/mol. The van der Waals surface area contributed by atoms with Crippen LogP contribution in [0.1, 0.15) is 67.1 Å². The van der Waals surface area contributed by atoms with Crippen LogP contribution in [0.25, 0.3) is 0 Å². The lowest BCUT2D eigenvalue weighted by Gasteiger charge is -2.33. The highest BCUT2D eigenvalue weighted by molar-refractivity contribution is 6.00. The number of nitrogens with zero attached hydrogens (tertiary/aromatic N) is 1. The van der Waals surface area contributed by atoms with E-state index in [0.717, 1.165) is 17.5 Å². The number of benzene rings is 2. The fourth-order valence-corrected chi connectivity index (χ4v) is 3.98. The number of rotatable bonds is 6. The van der Waals surface area contributed by atoms with E-state index in [4.69, 9.17) is 4.84 Å². The Labute approximate surface area is 179 Å². The fourth-order valence-electron chi connectivity index (χ4n) is 3.98. The molecule has 3 rings (SSSR count). The van der Waals surface area contributed by atoms with E-state index in [9.17, 15) is 9.90 Å². The van der Waals surface area contributed by atoms with Gasteiger partial charge in [0.25, 0.3) is 5.91 Å². The average Bonchev–Trinajstić information content (AvgIpc) is 2.97. The van der Waals surface area contributed by atoms with Crippen LogP contribution in [0.5, 0.6) is 0 Å². The third-order valence-corrected chi connectivity index (χ3v) is 5.65. The summed E-state index contributed by atoms with van der Waals surface area (Å²) in [4.78, 5) is 18.7. The van der Waals surface area contributed by atoms with Crippen LogP contribution in [-0.2, 0) is 22.2 Å². The molecule has 0 saturated carbocycles. The molecule has 0 radical (unpaired) electrons. The van der Waals surface area contributed by atoms with Crippen molar-refractivity contribution in [1.29, 1.82) is 0 Å². The number of carbonyl (C=O) groups excluding carboxylic acids is 1. The number of hydrogen-bond acceptors (Lipinski definition) is 3. The second-order valence-corrected chi connectivity index (χ2v) is 8.77. The highest BCUT2D eigenvalue weighted by Crippen LogP contribution is 2.44. The van der Waals surface area contributed by atoms with Crippen molar-refractivity contribution < 1.29 is 14.7 Å². The molecule has 2 aromatic carbocycles. The summed E-state index contributed by atoms with van der Waals surface area (Å²) in [5.41, 5.74) is 2.94. The largest absolute Gasteiger partial charge is 0.396 e. The highest BCUT2D eigenvalue weighted by atomic mass is 16.7. The van der Waals surface area contributed by atoms with Crippen molar-refractivity contribution in [3.8, 4) is 11.8 Å². The Kier molecular flexibility index (Phi) is 6.65. The van der Waals surface area contributed by atoms with Crippen LogP contribution in [0.2, 0.25) is 0 Å². The molecule has 0 spiro atoms. The highest BCUT2D eigenvalue weighted by Gasteiger charge is 2.49. The van der Waals surface area contributed by atoms with Gasteiger partial charge < -0.3 is 5.11 Å². The first-order chi connectivity index (χ1) is 14.3. The van der Waals surface area contributed by atoms with Crippen LogP contribution < -0.4 is 0 Å². The molecule has 1 aliphatic heterocycles. The van der Waals surface area contributed by atoms with E-state index in [-0.39, 0.29) is 17.9 Å². The van der Waals surface area contributed by atoms with Gasteiger partial charge in [0, 0.05) is 24.2 Å². The number of carbonyl (C=O) groups is 1. The van der Waals surface area contributed by atoms with E-state index in [2.05, 4.69) is 50.8 Å². The minimum absolute atomic E-state index is 0.0352. The zero-order valence-corrected chi connectivity index (χ0v) is 18.4. The molecule has 1 unspecified atom stereocenters. The quantitative estimate of drug-likeness (QED) is 0.715. The van der Waals surface area contributed by atoms with Crippen LogP contribution in [0.15, 0.2) is 48.5 Å². The van der Waals surface area contributed by atoms with Crippen molar-refractivity contribution in [3.63, 3.8) is 0 Å². The van der Waals surface area contributed by atoms with Crippen LogP contribution in [0.4, 0.5) is 0 Å². The molecular formula is C26H31NO3. The van der Waals surface area contributed by atoms with Crippen molar-refractivity contribution in [2.75, 3.05) is 13.7 Å². The minimum Gasteiger partial charge on any atom is -0.396 e. The van der Waals surface area contributed by atoms with E-state index >= 15 is 0 Å². The minimum atomic E-state index is -0.887. The summed E-state index contributed by atoms with van der Waals surface area (Å²) < 4.78 is 0. The molecule has 30 heavy (non-hydrogen) atoms. The number of aryl methyl sites for hydroxylation is 1. The van der Waals surface area contributed by atoms with E-state index in [0.29, 0.717) is 24.8 Å². The van der Waals surface area contributed by atoms with Gasteiger partial charge in [-0.15, -0.1) is 5.92 Å². The molecule has 2 aromatic rings. The van der Waals surface area contributed by atoms with Gasteiger partial charge in [0.2, 0.25) is 0 Å². The Morgan fingerprint density at radius 2 is 1.87 bits per heavy atom. The van der Waals surface area contributed by atoms with Gasteiger partial charge in [-0.2, -0.15) is 5.06 Å². The molecule has 4 nitrogen and oxygen atoms in total. The molecule has 0 aromatic heterocycles. The van der Waals surface area contributed by atoms with Crippen LogP contribution >= 0.6 is 0 Å². The van der Waals surface area contributed by atoms with Crippen molar-refractivity contribution in [2.24, 2.45) is 0 Å². The first-order valence-corrected chi connectivity index (χ1v) is 10.5. The molecule has 0 saturated heterocycles. The Balaban J connectivity index is 2.03. The Hall–Kier alpha value is -2.61. The molecule has 1 amide bonds. The predicted octanol–water partition coefficient (Wildman–Crippen LogP) is 4.61. The molecule has 158 valence electrons. The molecule has 0 aliphatic carbocycles. The lowest BCUT2D eigenvalue weighted by atomic mass is 9.80. The predicted molar refractivity (Wildman–Crippen MR) is 119 cm³/mol. The van der Waals surface area contributed by atoms with Crippen LogP contribution in [-0.4, -0.2) is 29.8 Å². The summed E-state index contributed by atoms with van der Waals surface area (Å²) in [5.74, 6) is 6.51. The number of aliphatic hydroxyl groups is 1. The summed E-state index contributed by atoms with van der Waals surface area (Å²) in [6.45, 7) is 6.50. The SMILES string of the molecule is CON1C(=O)c2ccc(C(C)(C)C)cc2C1(C#CCCc1ccccc1)CCCO. The molecule has 0 fully saturated rings. The Bertz CT molecular complexity index is 950. The summed E-state index contributed by atoms with van der Waals surface area (Å²) >= 11 is 0. The molecule has 1 N–H and O–H groups in total. The smallest absolute Gasteiger partial charge is 0.279 e. The Morgan fingerprint density at radius 3 is 2.50 bits per heavy atom. The number of aliphatic hydroxyl groups excluding tert-OH is 1. The summed E-state index contributed by atoms with van der Waals surface area (Å²) in [6.07, 6.45) is 2.58. The van der Waals surface area contributed by atoms with E-state index in [1.165, 1.54) is 17.7 Å². The number of amides is 1. The lowest BCUT2D eigenvalue weighted by molar-refractivity contribution is -0.143. The zero-order chi connectivity index (χ0) is 21.8. The van der Waals surface area contributed by atoms with E-state index in [1.807, 2.05) is 30.3 Å². The van der Waals surface area contributed by atoms with Gasteiger partial charge >= 0.3 is 0 Å².